The summed E-state index contributed by atoms with van der Waals surface area (Å²) in [7, 11) is 0. The number of hydrogen-bond acceptors (Lipinski definition) is 6. The van der Waals surface area contributed by atoms with Crippen molar-refractivity contribution in [2.24, 2.45) is 4.99 Å². The van der Waals surface area contributed by atoms with E-state index in [0.29, 0.717) is 30.1 Å². The maximum Gasteiger partial charge on any atom is 0.390 e. The lowest BCUT2D eigenvalue weighted by Crippen LogP contribution is -2.36. The molecule has 7 nitrogen and oxygen atoms in total. The van der Waals surface area contributed by atoms with Gasteiger partial charge in [-0.05, 0) is 55.8 Å². The number of aromatic nitrogens is 3. The molecule has 202 valence electrons. The molecule has 2 aromatic carbocycles. The van der Waals surface area contributed by atoms with Gasteiger partial charge in [0.25, 0.3) is 5.91 Å². The number of nitrogens with zero attached hydrogens (tertiary/aromatic N) is 4. The molecule has 0 aliphatic heterocycles. The van der Waals surface area contributed by atoms with Crippen LogP contribution in [0.15, 0.2) is 66.0 Å². The van der Waals surface area contributed by atoms with Gasteiger partial charge >= 0.3 is 6.18 Å². The highest BCUT2D eigenvalue weighted by molar-refractivity contribution is 7.15. The lowest BCUT2D eigenvalue weighted by atomic mass is 9.97. The van der Waals surface area contributed by atoms with E-state index in [9.17, 15) is 18.0 Å². The zero-order chi connectivity index (χ0) is 27.4. The quantitative estimate of drug-likeness (QED) is 0.248. The number of nitrogens with one attached hydrogen (secondary N) is 2. The van der Waals surface area contributed by atoms with Gasteiger partial charge in [0, 0.05) is 41.3 Å². The van der Waals surface area contributed by atoms with E-state index in [0.717, 1.165) is 39.5 Å². The minimum absolute atomic E-state index is 0.0206. The van der Waals surface area contributed by atoms with Gasteiger partial charge in [-0.2, -0.15) is 13.2 Å². The van der Waals surface area contributed by atoms with Crippen molar-refractivity contribution in [3.05, 3.63) is 82.8 Å². The van der Waals surface area contributed by atoms with Crippen molar-refractivity contribution in [2.45, 2.75) is 44.4 Å². The van der Waals surface area contributed by atoms with Gasteiger partial charge in [-0.1, -0.05) is 24.3 Å². The van der Waals surface area contributed by atoms with Gasteiger partial charge in [0.05, 0.1) is 29.8 Å². The van der Waals surface area contributed by atoms with E-state index in [2.05, 4.69) is 32.3 Å². The van der Waals surface area contributed by atoms with E-state index < -0.39 is 12.6 Å². The molecule has 39 heavy (non-hydrogen) atoms. The first-order chi connectivity index (χ1) is 18.8. The molecule has 0 saturated carbocycles. The van der Waals surface area contributed by atoms with Crippen LogP contribution in [0.2, 0.25) is 0 Å². The second-order valence-corrected chi connectivity index (χ2v) is 10.5. The third-order valence-electron chi connectivity index (χ3n) is 6.53. The maximum atomic E-state index is 13.0. The van der Waals surface area contributed by atoms with Crippen molar-refractivity contribution in [1.29, 1.82) is 0 Å². The van der Waals surface area contributed by atoms with Crippen LogP contribution in [0.25, 0.3) is 11.3 Å². The number of anilines is 1. The summed E-state index contributed by atoms with van der Waals surface area (Å²) in [6.07, 6.45) is 0.702. The van der Waals surface area contributed by atoms with Crippen LogP contribution in [0.3, 0.4) is 0 Å². The second kappa shape index (κ2) is 11.5. The van der Waals surface area contributed by atoms with Crippen molar-refractivity contribution in [3.63, 3.8) is 0 Å². The minimum atomic E-state index is -4.16. The number of benzene rings is 2. The Morgan fingerprint density at radius 3 is 2.79 bits per heavy atom. The predicted octanol–water partition coefficient (Wildman–Crippen LogP) is 6.04. The average molecular weight is 553 g/mol. The fourth-order valence-corrected chi connectivity index (χ4v) is 5.63. The molecular weight excluding hydrogens is 525 g/mol. The highest BCUT2D eigenvalue weighted by Crippen LogP contribution is 2.30. The zero-order valence-corrected chi connectivity index (χ0v) is 21.9. The molecule has 0 fully saturated rings. The third-order valence-corrected chi connectivity index (χ3v) is 7.57. The average Bonchev–Trinajstić information content (AvgIpc) is 3.54. The Bertz CT molecular complexity index is 1460. The second-order valence-electron chi connectivity index (χ2n) is 9.44. The van der Waals surface area contributed by atoms with Crippen LogP contribution in [-0.4, -0.2) is 45.9 Å². The van der Waals surface area contributed by atoms with E-state index >= 15 is 0 Å². The fourth-order valence-electron chi connectivity index (χ4n) is 4.54. The molecule has 4 aromatic rings. The van der Waals surface area contributed by atoms with E-state index in [4.69, 9.17) is 0 Å². The molecule has 0 bridgehead atoms. The molecule has 0 radical (unpaired) electrons. The van der Waals surface area contributed by atoms with Crippen LogP contribution in [-0.2, 0) is 19.4 Å². The number of aryl methyl sites for hydroxylation is 1. The molecule has 0 saturated heterocycles. The fraction of sp³-hybridized carbons (Fsp3) is 0.286. The van der Waals surface area contributed by atoms with Crippen LogP contribution in [0.4, 0.5) is 24.0 Å². The number of alkyl halides is 3. The lowest BCUT2D eigenvalue weighted by molar-refractivity contribution is -0.133. The summed E-state index contributed by atoms with van der Waals surface area (Å²) in [5, 5.41) is 6.39. The Balaban J connectivity index is 1.19. The van der Waals surface area contributed by atoms with Gasteiger partial charge < -0.3 is 9.88 Å². The van der Waals surface area contributed by atoms with Crippen LogP contribution >= 0.6 is 11.3 Å². The number of hydrogen-bond donors (Lipinski definition) is 2. The summed E-state index contributed by atoms with van der Waals surface area (Å²) in [5.74, 6) is -0.259. The molecule has 1 aliphatic carbocycles. The van der Waals surface area contributed by atoms with Crippen LogP contribution in [0.1, 0.15) is 39.3 Å². The van der Waals surface area contributed by atoms with Crippen molar-refractivity contribution < 1.29 is 18.0 Å². The molecule has 2 aromatic heterocycles. The molecule has 0 spiro atoms. The van der Waals surface area contributed by atoms with Crippen molar-refractivity contribution in [2.75, 3.05) is 11.9 Å². The molecule has 1 aliphatic rings. The summed E-state index contributed by atoms with van der Waals surface area (Å²) in [4.78, 5) is 26.9. The van der Waals surface area contributed by atoms with Gasteiger partial charge in [0.2, 0.25) is 0 Å². The van der Waals surface area contributed by atoms with Gasteiger partial charge in [-0.15, -0.1) is 11.3 Å². The molecule has 5 rings (SSSR count). The molecule has 1 amide bonds. The maximum absolute atomic E-state index is 13.0. The third kappa shape index (κ3) is 6.98. The zero-order valence-electron chi connectivity index (χ0n) is 21.0. The van der Waals surface area contributed by atoms with E-state index in [1.165, 1.54) is 11.3 Å². The highest BCUT2D eigenvalue weighted by Gasteiger charge is 2.28. The Morgan fingerprint density at radius 2 is 2.03 bits per heavy atom. The SMILES string of the molecule is C=Nc1ccc(-c2cn(Cc3cccc(C(=O)Nc4nc5c(s4)C[C@@H](NCCC(F)(F)F)CC5)c3)cn2)cc1. The van der Waals surface area contributed by atoms with Crippen molar-refractivity contribution in [1.82, 2.24) is 19.9 Å². The number of aliphatic imine (C=N–C) groups is 1. The number of fused-ring (bicyclic) bond motifs is 1. The summed E-state index contributed by atoms with van der Waals surface area (Å²) >= 11 is 1.38. The van der Waals surface area contributed by atoms with Crippen molar-refractivity contribution >= 4 is 34.8 Å². The Labute approximate surface area is 227 Å². The predicted molar refractivity (Wildman–Crippen MR) is 147 cm³/mol. The summed E-state index contributed by atoms with van der Waals surface area (Å²) in [6, 6.07) is 15.0. The van der Waals surface area contributed by atoms with E-state index in [-0.39, 0.29) is 18.5 Å². The molecule has 2 heterocycles. The van der Waals surface area contributed by atoms with E-state index in [1.807, 2.05) is 53.2 Å². The standard InChI is InChI=1S/C28H27F3N6OS/c1-32-21-7-5-19(6-8-21)24-16-37(17-34-24)15-18-3-2-4-20(13-18)26(38)36-27-35-23-10-9-22(14-25(23)39-27)33-12-11-28(29,30)31/h2-8,13,16-17,22,33H,1,9-12,14-15H2,(H,35,36,38)/t22-/m0/s1. The monoisotopic (exact) mass is 552 g/mol. The Hall–Kier alpha value is -3.83. The van der Waals surface area contributed by atoms with Gasteiger partial charge in [-0.25, -0.2) is 9.97 Å². The van der Waals surface area contributed by atoms with Crippen LogP contribution in [0.5, 0.6) is 0 Å². The molecule has 11 heteroatoms. The van der Waals surface area contributed by atoms with Crippen LogP contribution < -0.4 is 10.6 Å². The van der Waals surface area contributed by atoms with E-state index in [1.54, 1.807) is 12.4 Å². The smallest absolute Gasteiger partial charge is 0.332 e. The minimum Gasteiger partial charge on any atom is -0.332 e. The van der Waals surface area contributed by atoms with Crippen molar-refractivity contribution in [3.8, 4) is 11.3 Å². The number of imidazole rings is 1. The topological polar surface area (TPSA) is 84.2 Å². The van der Waals surface area contributed by atoms with Gasteiger partial charge in [0.1, 0.15) is 0 Å². The molecule has 2 N–H and O–H groups in total. The summed E-state index contributed by atoms with van der Waals surface area (Å²) in [5.41, 5.74) is 4.98. The van der Waals surface area contributed by atoms with Gasteiger partial charge in [0.15, 0.2) is 5.13 Å². The Morgan fingerprint density at radius 1 is 1.21 bits per heavy atom. The highest BCUT2D eigenvalue weighted by atomic mass is 32.1. The number of amides is 1. The molecular formula is C28H27F3N6OS. The first-order valence-corrected chi connectivity index (χ1v) is 13.4. The number of carbonyl (C=O) groups excluding carboxylic acids is 1. The lowest BCUT2D eigenvalue weighted by Gasteiger charge is -2.22. The van der Waals surface area contributed by atoms with Crippen LogP contribution in [0, 0.1) is 0 Å². The Kier molecular flexibility index (Phi) is 7.89. The summed E-state index contributed by atoms with van der Waals surface area (Å²) < 4.78 is 39.3. The molecule has 0 unspecified atom stereocenters. The normalized spacial score (nSPS) is 15.1. The first-order valence-electron chi connectivity index (χ1n) is 12.5. The number of carbonyl (C=O) groups is 1. The number of halogens is 3. The molecule has 1 atom stereocenters. The summed E-state index contributed by atoms with van der Waals surface area (Å²) in [6.45, 7) is 3.98. The largest absolute Gasteiger partial charge is 0.390 e. The first kappa shape index (κ1) is 26.8. The number of thiazole rings is 1. The number of rotatable bonds is 9. The van der Waals surface area contributed by atoms with Gasteiger partial charge in [-0.3, -0.25) is 15.1 Å².